The van der Waals surface area contributed by atoms with Crippen LogP contribution in [0.4, 0.5) is 0 Å². The predicted molar refractivity (Wildman–Crippen MR) is 351 cm³/mol. The van der Waals surface area contributed by atoms with Crippen LogP contribution in [0.25, 0.3) is 0 Å². The van der Waals surface area contributed by atoms with Crippen molar-refractivity contribution in [3.8, 4) is 0 Å². The molecule has 0 aliphatic heterocycles. The molecule has 480 valence electrons. The average Bonchev–Trinajstić information content (AvgIpc) is 3.44. The number of rotatable bonds is 66. The monoisotopic (exact) mass is 1160 g/mol. The number of quaternary nitrogens is 1. The number of nitrogens with one attached hydrogen (secondary N) is 1. The van der Waals surface area contributed by atoms with Gasteiger partial charge in [0.25, 0.3) is 0 Å². The van der Waals surface area contributed by atoms with E-state index in [1.54, 1.807) is 0 Å². The molecule has 0 bridgehead atoms. The SMILES string of the molecule is CCCCCCCC/C=C/CCCCCCCCCC(=O)OC(/C=C\CCCCCCCCCCCCC)C(COP(=O)(O)OCC[N+](C)(C)C)NC(=O)CCCCCCCCCCCCCCCCCCCCCCCCCCC. The third-order valence-electron chi connectivity index (χ3n) is 16.4. The van der Waals surface area contributed by atoms with Gasteiger partial charge in [0.1, 0.15) is 19.3 Å². The van der Waals surface area contributed by atoms with Crippen molar-refractivity contribution in [2.24, 2.45) is 0 Å². The summed E-state index contributed by atoms with van der Waals surface area (Å²) in [6, 6.07) is -0.845. The molecule has 1 amide bonds. The second kappa shape index (κ2) is 61.6. The zero-order chi connectivity index (χ0) is 59.3. The van der Waals surface area contributed by atoms with Gasteiger partial charge < -0.3 is 19.4 Å². The van der Waals surface area contributed by atoms with Gasteiger partial charge in [-0.05, 0) is 57.4 Å². The van der Waals surface area contributed by atoms with Crippen LogP contribution in [0.2, 0.25) is 0 Å². The Labute approximate surface area is 504 Å². The van der Waals surface area contributed by atoms with E-state index >= 15 is 0 Å². The Morgan fingerprint density at radius 1 is 0.420 bits per heavy atom. The summed E-state index contributed by atoms with van der Waals surface area (Å²) in [6.45, 7) is 7.07. The molecule has 0 aromatic carbocycles. The Bertz CT molecular complexity index is 1430. The van der Waals surface area contributed by atoms with Crippen molar-refractivity contribution in [3.63, 3.8) is 0 Å². The van der Waals surface area contributed by atoms with Gasteiger partial charge in [-0.15, -0.1) is 0 Å². The maximum atomic E-state index is 13.6. The first kappa shape index (κ1) is 79.5. The molecule has 0 saturated heterocycles. The quantitative estimate of drug-likeness (QED) is 0.0205. The number of hydrogen-bond acceptors (Lipinski definition) is 6. The lowest BCUT2D eigenvalue weighted by Gasteiger charge is -2.27. The minimum Gasteiger partial charge on any atom is -0.456 e. The molecule has 0 heterocycles. The molecule has 0 radical (unpaired) electrons. The molecule has 2 N–H and O–H groups in total. The van der Waals surface area contributed by atoms with Crippen LogP contribution < -0.4 is 5.32 Å². The molecular weight excluding hydrogens is 1020 g/mol. The number of carbonyl (C=O) groups is 2. The lowest BCUT2D eigenvalue weighted by atomic mass is 10.0. The fourth-order valence-electron chi connectivity index (χ4n) is 10.9. The number of carbonyl (C=O) groups excluding carboxylic acids is 2. The molecule has 10 heteroatoms. The van der Waals surface area contributed by atoms with E-state index in [0.717, 1.165) is 57.8 Å². The summed E-state index contributed by atoms with van der Waals surface area (Å²) in [7, 11) is 1.51. The summed E-state index contributed by atoms with van der Waals surface area (Å²) in [4.78, 5) is 37.9. The van der Waals surface area contributed by atoms with Gasteiger partial charge in [0, 0.05) is 12.8 Å². The van der Waals surface area contributed by atoms with Crippen molar-refractivity contribution < 1.29 is 37.3 Å². The Hall–Kier alpha value is -1.51. The second-order valence-electron chi connectivity index (χ2n) is 25.8. The van der Waals surface area contributed by atoms with Gasteiger partial charge in [-0.3, -0.25) is 18.6 Å². The number of allylic oxidation sites excluding steroid dienone is 3. The predicted octanol–water partition coefficient (Wildman–Crippen LogP) is 22.5. The van der Waals surface area contributed by atoms with E-state index in [1.807, 2.05) is 33.3 Å². The topological polar surface area (TPSA) is 111 Å². The van der Waals surface area contributed by atoms with Crippen LogP contribution in [0.15, 0.2) is 24.3 Å². The average molecular weight is 1160 g/mol. The smallest absolute Gasteiger partial charge is 0.456 e. The first-order chi connectivity index (χ1) is 39.4. The molecule has 9 nitrogen and oxygen atoms in total. The van der Waals surface area contributed by atoms with Gasteiger partial charge >= 0.3 is 13.8 Å². The van der Waals surface area contributed by atoms with E-state index in [4.69, 9.17) is 13.8 Å². The molecule has 3 atom stereocenters. The summed E-state index contributed by atoms with van der Waals surface area (Å²) in [5, 5.41) is 3.08. The molecule has 3 unspecified atom stereocenters. The molecule has 81 heavy (non-hydrogen) atoms. The first-order valence-electron chi connectivity index (χ1n) is 35.7. The second-order valence-corrected chi connectivity index (χ2v) is 27.2. The van der Waals surface area contributed by atoms with E-state index in [-0.39, 0.29) is 25.1 Å². The summed E-state index contributed by atoms with van der Waals surface area (Å²) >= 11 is 0. The number of hydrogen-bond donors (Lipinski definition) is 2. The number of unbranched alkanes of at least 4 members (excludes halogenated alkanes) is 48. The van der Waals surface area contributed by atoms with Crippen LogP contribution in [0.1, 0.15) is 367 Å². The van der Waals surface area contributed by atoms with Crippen molar-refractivity contribution >= 4 is 19.7 Å². The highest BCUT2D eigenvalue weighted by atomic mass is 31.2. The fraction of sp³-hybridized carbons (Fsp3) is 0.915. The van der Waals surface area contributed by atoms with Crippen molar-refractivity contribution in [2.45, 2.75) is 380 Å². The maximum Gasteiger partial charge on any atom is 0.472 e. The summed E-state index contributed by atoms with van der Waals surface area (Å²) in [6.07, 6.45) is 74.8. The number of phosphoric ester groups is 1. The fourth-order valence-corrected chi connectivity index (χ4v) is 11.6. The van der Waals surface area contributed by atoms with Crippen molar-refractivity contribution in [1.29, 1.82) is 0 Å². The summed E-state index contributed by atoms with van der Waals surface area (Å²) in [5.74, 6) is -0.488. The van der Waals surface area contributed by atoms with Crippen molar-refractivity contribution in [2.75, 3.05) is 40.9 Å². The van der Waals surface area contributed by atoms with Crippen LogP contribution in [0.5, 0.6) is 0 Å². The minimum absolute atomic E-state index is 0.0435. The highest BCUT2D eigenvalue weighted by molar-refractivity contribution is 7.47. The Morgan fingerprint density at radius 3 is 1.05 bits per heavy atom. The van der Waals surface area contributed by atoms with E-state index in [0.29, 0.717) is 23.9 Å². The number of likely N-dealkylation sites (N-methyl/N-ethyl adjacent to an activating group) is 1. The Kier molecular flexibility index (Phi) is 60.4. The zero-order valence-corrected chi connectivity index (χ0v) is 56.0. The van der Waals surface area contributed by atoms with Gasteiger partial charge in [0.05, 0.1) is 33.8 Å². The van der Waals surface area contributed by atoms with Gasteiger partial charge in [0.15, 0.2) is 0 Å². The Morgan fingerprint density at radius 2 is 0.716 bits per heavy atom. The van der Waals surface area contributed by atoms with Crippen molar-refractivity contribution in [3.05, 3.63) is 24.3 Å². The van der Waals surface area contributed by atoms with Gasteiger partial charge in [0.2, 0.25) is 5.91 Å². The van der Waals surface area contributed by atoms with E-state index < -0.39 is 20.0 Å². The standard InChI is InChI=1S/C71H139N2O7P/c1-7-10-13-16-19-22-25-28-30-32-33-34-35-36-37-38-39-41-42-45-48-51-54-57-60-63-70(74)72-68(67-79-81(76,77)78-66-65-73(4,5)6)69(62-59-56-53-50-47-44-27-24-21-18-15-12-9-3)80-71(75)64-61-58-55-52-49-46-43-40-31-29-26-23-20-17-14-11-8-2/h29,31,59,62,68-69H,7-28,30,32-58,60-61,63-67H2,1-6H3,(H-,72,74,76,77)/p+1/b31-29+,62-59-. The lowest BCUT2D eigenvalue weighted by Crippen LogP contribution is -2.47. The normalized spacial score (nSPS) is 13.6. The van der Waals surface area contributed by atoms with Gasteiger partial charge in [-0.2, -0.15) is 0 Å². The van der Waals surface area contributed by atoms with Crippen LogP contribution in [-0.2, 0) is 27.9 Å². The maximum absolute atomic E-state index is 13.6. The molecule has 0 spiro atoms. The minimum atomic E-state index is -4.45. The van der Waals surface area contributed by atoms with Crippen LogP contribution in [0.3, 0.4) is 0 Å². The Balaban J connectivity index is 5.04. The lowest BCUT2D eigenvalue weighted by molar-refractivity contribution is -0.870. The summed E-state index contributed by atoms with van der Waals surface area (Å²) in [5.41, 5.74) is 0. The third kappa shape index (κ3) is 62.8. The van der Waals surface area contributed by atoms with E-state index in [2.05, 4.69) is 38.2 Å². The number of phosphoric acid groups is 1. The molecular formula is C71H140N2O7P+. The highest BCUT2D eigenvalue weighted by Gasteiger charge is 2.30. The number of amides is 1. The molecule has 0 saturated carbocycles. The number of esters is 1. The van der Waals surface area contributed by atoms with E-state index in [9.17, 15) is 19.0 Å². The molecule has 0 fully saturated rings. The number of nitrogens with zero attached hydrogens (tertiary/aromatic N) is 1. The van der Waals surface area contributed by atoms with Gasteiger partial charge in [-0.25, -0.2) is 4.57 Å². The zero-order valence-electron chi connectivity index (χ0n) is 55.1. The summed E-state index contributed by atoms with van der Waals surface area (Å²) < 4.78 is 30.8. The van der Waals surface area contributed by atoms with Crippen LogP contribution >= 0.6 is 7.82 Å². The van der Waals surface area contributed by atoms with Crippen LogP contribution in [0, 0.1) is 0 Å². The molecule has 0 aliphatic rings. The third-order valence-corrected chi connectivity index (χ3v) is 17.4. The van der Waals surface area contributed by atoms with Crippen LogP contribution in [-0.4, -0.2) is 74.3 Å². The number of ether oxygens (including phenoxy) is 1. The molecule has 0 aromatic heterocycles. The molecule has 0 rings (SSSR count). The molecule has 0 aromatic rings. The largest absolute Gasteiger partial charge is 0.472 e. The van der Waals surface area contributed by atoms with Gasteiger partial charge in [-0.1, -0.05) is 322 Å². The molecule has 0 aliphatic carbocycles. The highest BCUT2D eigenvalue weighted by Crippen LogP contribution is 2.43. The first-order valence-corrected chi connectivity index (χ1v) is 37.2. The van der Waals surface area contributed by atoms with Crippen molar-refractivity contribution in [1.82, 2.24) is 5.32 Å². The van der Waals surface area contributed by atoms with E-state index in [1.165, 1.54) is 276 Å².